The number of phenols is 1. The number of hydrogen-bond donors (Lipinski definition) is 1. The van der Waals surface area contributed by atoms with Gasteiger partial charge in [-0.2, -0.15) is 23.0 Å². The Hall–Kier alpha value is -1.90. The first-order valence-corrected chi connectivity index (χ1v) is 5.84. The van der Waals surface area contributed by atoms with E-state index in [4.69, 9.17) is 0 Å². The van der Waals surface area contributed by atoms with Crippen LogP contribution in [0.4, 0.5) is 17.6 Å². The van der Waals surface area contributed by atoms with Gasteiger partial charge >= 0.3 is 6.18 Å². The van der Waals surface area contributed by atoms with Crippen LogP contribution in [0.15, 0.2) is 33.7 Å². The summed E-state index contributed by atoms with van der Waals surface area (Å²) in [6.45, 7) is 0. The first-order valence-electron chi connectivity index (χ1n) is 5.05. The lowest BCUT2D eigenvalue weighted by atomic mass is 10.2. The smallest absolute Gasteiger partial charge is 0.418 e. The van der Waals surface area contributed by atoms with Gasteiger partial charge in [0.05, 0.1) is 16.2 Å². The molecule has 0 aliphatic rings. The first kappa shape index (κ1) is 14.5. The predicted octanol–water partition coefficient (Wildman–Crippen LogP) is 2.86. The minimum absolute atomic E-state index is 0.0405. The Morgan fingerprint density at radius 2 is 1.90 bits per heavy atom. The Bertz CT molecular complexity index is 727. The van der Waals surface area contributed by atoms with Crippen molar-refractivity contribution < 1.29 is 22.7 Å². The number of alkyl halides is 3. The molecule has 106 valence electrons. The highest BCUT2D eigenvalue weighted by molar-refractivity contribution is 9.10. The number of rotatable bonds is 1. The lowest BCUT2D eigenvalue weighted by Crippen LogP contribution is -2.24. The molecule has 0 amide bonds. The molecule has 0 fully saturated rings. The van der Waals surface area contributed by atoms with Gasteiger partial charge in [0.2, 0.25) is 0 Å². The number of halogens is 5. The van der Waals surface area contributed by atoms with E-state index in [-0.39, 0.29) is 10.2 Å². The molecule has 0 bridgehead atoms. The van der Waals surface area contributed by atoms with Gasteiger partial charge in [-0.3, -0.25) is 4.79 Å². The van der Waals surface area contributed by atoms with Gasteiger partial charge < -0.3 is 5.11 Å². The summed E-state index contributed by atoms with van der Waals surface area (Å²) in [6, 6.07) is 2.04. The standard InChI is InChI=1S/C11H5BrF4N2O2/c12-6-2-7(13)8(3-9(6)19)18-10(20)1-5(4-17-18)11(14,15)16/h1-4,19H. The third-order valence-corrected chi connectivity index (χ3v) is 3.01. The molecule has 0 spiro atoms. The highest BCUT2D eigenvalue weighted by Gasteiger charge is 2.31. The second-order valence-corrected chi connectivity index (χ2v) is 4.60. The minimum Gasteiger partial charge on any atom is -0.507 e. The van der Waals surface area contributed by atoms with Crippen LogP contribution in [0.1, 0.15) is 5.56 Å². The number of aromatic nitrogens is 2. The van der Waals surface area contributed by atoms with Crippen LogP contribution in [0.25, 0.3) is 5.69 Å². The van der Waals surface area contributed by atoms with E-state index in [0.717, 1.165) is 12.1 Å². The second kappa shape index (κ2) is 4.89. The number of benzene rings is 1. The van der Waals surface area contributed by atoms with Gasteiger partial charge in [0.1, 0.15) is 17.3 Å². The van der Waals surface area contributed by atoms with Crippen molar-refractivity contribution in [2.75, 3.05) is 0 Å². The van der Waals surface area contributed by atoms with Crippen LogP contribution in [-0.2, 0) is 6.18 Å². The Labute approximate surface area is 117 Å². The summed E-state index contributed by atoms with van der Waals surface area (Å²) < 4.78 is 51.3. The van der Waals surface area contributed by atoms with Crippen LogP contribution in [-0.4, -0.2) is 14.9 Å². The molecule has 4 nitrogen and oxygen atoms in total. The maximum Gasteiger partial charge on any atom is 0.418 e. The Morgan fingerprint density at radius 3 is 2.45 bits per heavy atom. The summed E-state index contributed by atoms with van der Waals surface area (Å²) in [5, 5.41) is 12.7. The van der Waals surface area contributed by atoms with E-state index in [1.54, 1.807) is 0 Å². The van der Waals surface area contributed by atoms with Crippen molar-refractivity contribution in [3.8, 4) is 11.4 Å². The monoisotopic (exact) mass is 352 g/mol. The first-order chi connectivity index (χ1) is 9.20. The predicted molar refractivity (Wildman–Crippen MR) is 64.2 cm³/mol. The molecule has 1 N–H and O–H groups in total. The van der Waals surface area contributed by atoms with E-state index in [1.165, 1.54) is 0 Å². The molecule has 2 rings (SSSR count). The highest BCUT2D eigenvalue weighted by Crippen LogP contribution is 2.29. The van der Waals surface area contributed by atoms with Crippen molar-refractivity contribution in [1.82, 2.24) is 9.78 Å². The number of nitrogens with zero attached hydrogens (tertiary/aromatic N) is 2. The molecule has 0 radical (unpaired) electrons. The van der Waals surface area contributed by atoms with Gasteiger partial charge in [-0.1, -0.05) is 0 Å². The van der Waals surface area contributed by atoms with Crippen molar-refractivity contribution in [2.24, 2.45) is 0 Å². The fraction of sp³-hybridized carbons (Fsp3) is 0.0909. The average molecular weight is 353 g/mol. The lowest BCUT2D eigenvalue weighted by molar-refractivity contribution is -0.138. The molecule has 1 heterocycles. The zero-order valence-electron chi connectivity index (χ0n) is 9.45. The summed E-state index contributed by atoms with van der Waals surface area (Å²) in [5.41, 5.74) is -2.86. The third-order valence-electron chi connectivity index (χ3n) is 2.37. The average Bonchev–Trinajstić information content (AvgIpc) is 2.33. The zero-order valence-corrected chi connectivity index (χ0v) is 11.0. The van der Waals surface area contributed by atoms with E-state index in [2.05, 4.69) is 21.0 Å². The molecule has 0 aliphatic carbocycles. The maximum atomic E-state index is 13.7. The molecule has 1 aromatic carbocycles. The van der Waals surface area contributed by atoms with Crippen LogP contribution in [0.2, 0.25) is 0 Å². The Kier molecular flexibility index (Phi) is 3.55. The van der Waals surface area contributed by atoms with Crippen LogP contribution < -0.4 is 5.56 Å². The summed E-state index contributed by atoms with van der Waals surface area (Å²) in [4.78, 5) is 11.6. The van der Waals surface area contributed by atoms with Gasteiger partial charge in [0.15, 0.2) is 0 Å². The summed E-state index contributed by atoms with van der Waals surface area (Å²) in [7, 11) is 0. The second-order valence-electron chi connectivity index (χ2n) is 3.75. The van der Waals surface area contributed by atoms with Crippen LogP contribution in [0.3, 0.4) is 0 Å². The lowest BCUT2D eigenvalue weighted by Gasteiger charge is -2.09. The molecule has 2 aromatic rings. The maximum absolute atomic E-state index is 13.7. The molecule has 0 saturated carbocycles. The summed E-state index contributed by atoms with van der Waals surface area (Å²) in [5.74, 6) is -1.31. The topological polar surface area (TPSA) is 55.1 Å². The molecule has 0 saturated heterocycles. The van der Waals surface area contributed by atoms with Gasteiger partial charge in [0.25, 0.3) is 5.56 Å². The van der Waals surface area contributed by atoms with Crippen molar-refractivity contribution in [3.05, 3.63) is 50.6 Å². The summed E-state index contributed by atoms with van der Waals surface area (Å²) in [6.07, 6.45) is -4.31. The van der Waals surface area contributed by atoms with Gasteiger partial charge in [-0.15, -0.1) is 0 Å². The molecule has 0 atom stereocenters. The van der Waals surface area contributed by atoms with Crippen molar-refractivity contribution in [1.29, 1.82) is 0 Å². The van der Waals surface area contributed by atoms with Crippen molar-refractivity contribution in [2.45, 2.75) is 6.18 Å². The highest BCUT2D eigenvalue weighted by atomic mass is 79.9. The van der Waals surface area contributed by atoms with Gasteiger partial charge in [-0.25, -0.2) is 4.39 Å². The number of hydrogen-bond acceptors (Lipinski definition) is 3. The van der Waals surface area contributed by atoms with Crippen molar-refractivity contribution >= 4 is 15.9 Å². The number of aromatic hydroxyl groups is 1. The molecule has 0 aliphatic heterocycles. The van der Waals surface area contributed by atoms with E-state index >= 15 is 0 Å². The Balaban J connectivity index is 2.61. The van der Waals surface area contributed by atoms with Crippen molar-refractivity contribution in [3.63, 3.8) is 0 Å². The zero-order chi connectivity index (χ0) is 15.1. The minimum atomic E-state index is -4.72. The van der Waals surface area contributed by atoms with Gasteiger partial charge in [0, 0.05) is 12.1 Å². The van der Waals surface area contributed by atoms with Crippen LogP contribution in [0, 0.1) is 5.82 Å². The Morgan fingerprint density at radius 1 is 1.25 bits per heavy atom. The van der Waals surface area contributed by atoms with E-state index < -0.39 is 28.8 Å². The van der Waals surface area contributed by atoms with Crippen LogP contribution >= 0.6 is 15.9 Å². The largest absolute Gasteiger partial charge is 0.507 e. The number of phenolic OH excluding ortho intramolecular Hbond substituents is 1. The SMILES string of the molecule is O=c1cc(C(F)(F)F)cnn1-c1cc(O)c(Br)cc1F. The molecule has 20 heavy (non-hydrogen) atoms. The fourth-order valence-electron chi connectivity index (χ4n) is 1.43. The molecule has 0 unspecified atom stereocenters. The van der Waals surface area contributed by atoms with Crippen LogP contribution in [0.5, 0.6) is 5.75 Å². The fourth-order valence-corrected chi connectivity index (χ4v) is 1.75. The normalized spacial score (nSPS) is 11.7. The molecular weight excluding hydrogens is 348 g/mol. The van der Waals surface area contributed by atoms with Gasteiger partial charge in [-0.05, 0) is 22.0 Å². The van der Waals surface area contributed by atoms with E-state index in [0.29, 0.717) is 16.9 Å². The molecular formula is C11H5BrF4N2O2. The summed E-state index contributed by atoms with van der Waals surface area (Å²) >= 11 is 2.86. The molecule has 1 aromatic heterocycles. The quantitative estimate of drug-likeness (QED) is 0.803. The van der Waals surface area contributed by atoms with E-state index in [9.17, 15) is 27.5 Å². The molecule has 9 heteroatoms. The van der Waals surface area contributed by atoms with E-state index in [1.807, 2.05) is 0 Å². The third kappa shape index (κ3) is 2.67.